The van der Waals surface area contributed by atoms with E-state index < -0.39 is 5.97 Å². The lowest BCUT2D eigenvalue weighted by atomic mass is 9.92. The van der Waals surface area contributed by atoms with Crippen molar-refractivity contribution in [2.75, 3.05) is 5.32 Å². The van der Waals surface area contributed by atoms with Crippen molar-refractivity contribution in [1.29, 1.82) is 0 Å². The second kappa shape index (κ2) is 5.67. The van der Waals surface area contributed by atoms with Gasteiger partial charge < -0.3 is 10.4 Å². The van der Waals surface area contributed by atoms with E-state index in [0.29, 0.717) is 17.7 Å². The number of carboxylic acids is 1. The first-order valence-electron chi connectivity index (χ1n) is 5.87. The number of carboxylic acid groups (broad SMARTS) is 1. The van der Waals surface area contributed by atoms with Crippen LogP contribution in [0.3, 0.4) is 0 Å². The zero-order valence-corrected chi connectivity index (χ0v) is 11.0. The predicted molar refractivity (Wildman–Crippen MR) is 70.5 cm³/mol. The molecule has 1 amide bonds. The monoisotopic (exact) mass is 249 g/mol. The average Bonchev–Trinajstić information content (AvgIpc) is 2.13. The number of aliphatic carboxylic acids is 1. The van der Waals surface area contributed by atoms with Gasteiger partial charge in [0.1, 0.15) is 0 Å². The smallest absolute Gasteiger partial charge is 0.307 e. The summed E-state index contributed by atoms with van der Waals surface area (Å²) in [5.74, 6) is -0.942. The Morgan fingerprint density at radius 2 is 1.94 bits per heavy atom. The third kappa shape index (κ3) is 5.48. The molecule has 0 atom stereocenters. The molecule has 2 N–H and O–H groups in total. The van der Waals surface area contributed by atoms with E-state index in [1.165, 1.54) is 0 Å². The van der Waals surface area contributed by atoms with Crippen LogP contribution in [0.4, 0.5) is 5.69 Å². The molecule has 18 heavy (non-hydrogen) atoms. The van der Waals surface area contributed by atoms with Gasteiger partial charge in [0, 0.05) is 12.1 Å². The van der Waals surface area contributed by atoms with E-state index >= 15 is 0 Å². The van der Waals surface area contributed by atoms with Gasteiger partial charge in [-0.3, -0.25) is 9.59 Å². The summed E-state index contributed by atoms with van der Waals surface area (Å²) in [4.78, 5) is 22.3. The molecule has 0 bridgehead atoms. The first-order valence-corrected chi connectivity index (χ1v) is 5.87. The van der Waals surface area contributed by atoms with Crippen LogP contribution in [0, 0.1) is 5.41 Å². The molecule has 4 heteroatoms. The lowest BCUT2D eigenvalue weighted by molar-refractivity contribution is -0.136. The molecule has 0 aromatic heterocycles. The molecule has 98 valence electrons. The predicted octanol–water partition coefficient (Wildman–Crippen LogP) is 2.69. The van der Waals surface area contributed by atoms with E-state index in [2.05, 4.69) is 5.32 Å². The molecular weight excluding hydrogens is 230 g/mol. The molecule has 4 nitrogen and oxygen atoms in total. The van der Waals surface area contributed by atoms with E-state index in [4.69, 9.17) is 5.11 Å². The Labute approximate surface area is 107 Å². The van der Waals surface area contributed by atoms with E-state index in [9.17, 15) is 9.59 Å². The van der Waals surface area contributed by atoms with Gasteiger partial charge in [-0.15, -0.1) is 0 Å². The van der Waals surface area contributed by atoms with Gasteiger partial charge in [-0.25, -0.2) is 0 Å². The van der Waals surface area contributed by atoms with Crippen molar-refractivity contribution in [3.05, 3.63) is 29.8 Å². The van der Waals surface area contributed by atoms with Crippen LogP contribution in [-0.2, 0) is 16.0 Å². The number of benzene rings is 1. The largest absolute Gasteiger partial charge is 0.481 e. The third-order valence-electron chi connectivity index (χ3n) is 2.26. The number of hydrogen-bond acceptors (Lipinski definition) is 2. The van der Waals surface area contributed by atoms with Gasteiger partial charge >= 0.3 is 5.97 Å². The molecule has 0 aliphatic heterocycles. The van der Waals surface area contributed by atoms with Crippen LogP contribution >= 0.6 is 0 Å². The van der Waals surface area contributed by atoms with Crippen LogP contribution in [0.2, 0.25) is 0 Å². The van der Waals surface area contributed by atoms with Crippen LogP contribution in [0.15, 0.2) is 24.3 Å². The second-order valence-electron chi connectivity index (χ2n) is 5.56. The molecule has 0 radical (unpaired) electrons. The van der Waals surface area contributed by atoms with Crippen molar-refractivity contribution in [3.63, 3.8) is 0 Å². The fraction of sp³-hybridized carbons (Fsp3) is 0.429. The molecule has 1 rings (SSSR count). The highest BCUT2D eigenvalue weighted by Crippen LogP contribution is 2.20. The molecular formula is C14H19NO3. The zero-order chi connectivity index (χ0) is 13.8. The molecule has 0 heterocycles. The summed E-state index contributed by atoms with van der Waals surface area (Å²) in [5, 5.41) is 11.5. The molecule has 0 saturated heterocycles. The zero-order valence-electron chi connectivity index (χ0n) is 11.0. The second-order valence-corrected chi connectivity index (χ2v) is 5.56. The Hall–Kier alpha value is -1.84. The molecule has 1 aromatic carbocycles. The summed E-state index contributed by atoms with van der Waals surface area (Å²) in [5.41, 5.74) is 1.25. The summed E-state index contributed by atoms with van der Waals surface area (Å²) in [6.07, 6.45) is 0.388. The maximum atomic E-state index is 11.7. The number of amides is 1. The normalized spacial score (nSPS) is 11.1. The highest BCUT2D eigenvalue weighted by atomic mass is 16.4. The average molecular weight is 249 g/mol. The lowest BCUT2D eigenvalue weighted by Gasteiger charge is -2.17. The third-order valence-corrected chi connectivity index (χ3v) is 2.26. The van der Waals surface area contributed by atoms with Crippen molar-refractivity contribution < 1.29 is 14.7 Å². The minimum absolute atomic E-state index is 0.0387. The molecule has 0 aliphatic rings. The van der Waals surface area contributed by atoms with E-state index in [0.717, 1.165) is 0 Å². The summed E-state index contributed by atoms with van der Waals surface area (Å²) < 4.78 is 0. The highest BCUT2D eigenvalue weighted by molar-refractivity contribution is 5.91. The Bertz CT molecular complexity index is 447. The maximum Gasteiger partial charge on any atom is 0.307 e. The van der Waals surface area contributed by atoms with Crippen molar-refractivity contribution in [3.8, 4) is 0 Å². The quantitative estimate of drug-likeness (QED) is 0.862. The van der Waals surface area contributed by atoms with Crippen LogP contribution in [0.25, 0.3) is 0 Å². The van der Waals surface area contributed by atoms with Gasteiger partial charge in [-0.1, -0.05) is 32.9 Å². The van der Waals surface area contributed by atoms with Gasteiger partial charge in [0.15, 0.2) is 0 Å². The maximum absolute atomic E-state index is 11.7. The number of anilines is 1. The van der Waals surface area contributed by atoms with Crippen molar-refractivity contribution >= 4 is 17.6 Å². The highest BCUT2D eigenvalue weighted by Gasteiger charge is 2.16. The van der Waals surface area contributed by atoms with Crippen LogP contribution in [0.1, 0.15) is 32.8 Å². The number of hydrogen-bond donors (Lipinski definition) is 2. The van der Waals surface area contributed by atoms with Gasteiger partial charge in [-0.05, 0) is 23.1 Å². The van der Waals surface area contributed by atoms with Crippen molar-refractivity contribution in [2.45, 2.75) is 33.6 Å². The summed E-state index contributed by atoms with van der Waals surface area (Å²) >= 11 is 0. The van der Waals surface area contributed by atoms with Crippen LogP contribution in [-0.4, -0.2) is 17.0 Å². The Morgan fingerprint density at radius 1 is 1.28 bits per heavy atom. The molecule has 0 saturated carbocycles. The van der Waals surface area contributed by atoms with Gasteiger partial charge in [0.25, 0.3) is 0 Å². The summed E-state index contributed by atoms with van der Waals surface area (Å²) in [7, 11) is 0. The number of carbonyl (C=O) groups is 2. The Kier molecular flexibility index (Phi) is 4.48. The molecule has 0 spiro atoms. The fourth-order valence-electron chi connectivity index (χ4n) is 1.62. The number of rotatable bonds is 4. The number of nitrogens with one attached hydrogen (secondary N) is 1. The SMILES string of the molecule is CC(C)(C)CC(=O)Nc1cccc(CC(=O)O)c1. The van der Waals surface area contributed by atoms with Gasteiger partial charge in [0.2, 0.25) is 5.91 Å². The van der Waals surface area contributed by atoms with Gasteiger partial charge in [0.05, 0.1) is 6.42 Å². The lowest BCUT2D eigenvalue weighted by Crippen LogP contribution is -2.19. The minimum Gasteiger partial charge on any atom is -0.481 e. The first kappa shape index (κ1) is 14.2. The summed E-state index contributed by atoms with van der Waals surface area (Å²) in [6.45, 7) is 5.98. The topological polar surface area (TPSA) is 66.4 Å². The number of carbonyl (C=O) groups excluding carboxylic acids is 1. The summed E-state index contributed by atoms with van der Waals surface area (Å²) in [6, 6.07) is 6.92. The minimum atomic E-state index is -0.881. The van der Waals surface area contributed by atoms with Gasteiger partial charge in [-0.2, -0.15) is 0 Å². The van der Waals surface area contributed by atoms with E-state index in [-0.39, 0.29) is 17.7 Å². The molecule has 0 aliphatic carbocycles. The Balaban J connectivity index is 2.67. The molecule has 0 fully saturated rings. The van der Waals surface area contributed by atoms with E-state index in [1.54, 1.807) is 24.3 Å². The van der Waals surface area contributed by atoms with E-state index in [1.807, 2.05) is 20.8 Å². The first-order chi connectivity index (χ1) is 8.26. The standard InChI is InChI=1S/C14H19NO3/c1-14(2,3)9-12(16)15-11-6-4-5-10(7-11)8-13(17)18/h4-7H,8-9H2,1-3H3,(H,15,16)(H,17,18). The van der Waals surface area contributed by atoms with Crippen LogP contribution < -0.4 is 5.32 Å². The van der Waals surface area contributed by atoms with Crippen LogP contribution in [0.5, 0.6) is 0 Å². The molecule has 1 aromatic rings. The Morgan fingerprint density at radius 3 is 2.50 bits per heavy atom. The van der Waals surface area contributed by atoms with Crippen molar-refractivity contribution in [2.24, 2.45) is 5.41 Å². The molecule has 0 unspecified atom stereocenters. The van der Waals surface area contributed by atoms with Crippen molar-refractivity contribution in [1.82, 2.24) is 0 Å². The fourth-order valence-corrected chi connectivity index (χ4v) is 1.62.